The number of nitrogens with one attached hydrogen (secondary N) is 1. The molecule has 2 atom stereocenters. The van der Waals surface area contributed by atoms with Crippen LogP contribution in [0.5, 0.6) is 5.75 Å². The summed E-state index contributed by atoms with van der Waals surface area (Å²) in [5.74, 6) is 2.49. The van der Waals surface area contributed by atoms with Gasteiger partial charge in [-0.15, -0.1) is 0 Å². The van der Waals surface area contributed by atoms with E-state index in [1.54, 1.807) is 0 Å². The topological polar surface area (TPSA) is 38.3 Å². The molecule has 0 radical (unpaired) electrons. The molecule has 1 amide bonds. The second-order valence-electron chi connectivity index (χ2n) is 6.61. The van der Waals surface area contributed by atoms with Crippen molar-refractivity contribution in [2.45, 2.75) is 38.6 Å². The molecule has 0 spiro atoms. The van der Waals surface area contributed by atoms with Gasteiger partial charge in [0.1, 0.15) is 5.75 Å². The Labute approximate surface area is 144 Å². The molecule has 0 aliphatic heterocycles. The molecule has 1 N–H and O–H groups in total. The van der Waals surface area contributed by atoms with E-state index in [0.717, 1.165) is 23.7 Å². The van der Waals surface area contributed by atoms with E-state index in [2.05, 4.69) is 30.4 Å². The van der Waals surface area contributed by atoms with Crippen LogP contribution in [0.4, 0.5) is 0 Å². The zero-order valence-corrected chi connectivity index (χ0v) is 14.2. The van der Waals surface area contributed by atoms with Crippen molar-refractivity contribution in [1.29, 1.82) is 0 Å². The number of benzene rings is 2. The number of hydrogen-bond donors (Lipinski definition) is 1. The molecule has 1 aliphatic rings. The van der Waals surface area contributed by atoms with Gasteiger partial charge in [-0.1, -0.05) is 49.4 Å². The monoisotopic (exact) mass is 323 g/mol. The third-order valence-electron chi connectivity index (χ3n) is 4.55. The molecule has 3 heteroatoms. The molecule has 0 saturated heterocycles. The molecule has 2 unspecified atom stereocenters. The fourth-order valence-corrected chi connectivity index (χ4v) is 2.93. The summed E-state index contributed by atoms with van der Waals surface area (Å²) in [5.41, 5.74) is 2.49. The van der Waals surface area contributed by atoms with E-state index < -0.39 is 0 Å². The van der Waals surface area contributed by atoms with Crippen molar-refractivity contribution in [3.63, 3.8) is 0 Å². The van der Waals surface area contributed by atoms with Gasteiger partial charge in [-0.05, 0) is 47.9 Å². The Bertz CT molecular complexity index is 669. The third kappa shape index (κ3) is 4.85. The van der Waals surface area contributed by atoms with Crippen LogP contribution in [-0.2, 0) is 11.3 Å². The van der Waals surface area contributed by atoms with Gasteiger partial charge in [-0.3, -0.25) is 4.79 Å². The molecule has 2 aromatic carbocycles. The second-order valence-corrected chi connectivity index (χ2v) is 6.61. The van der Waals surface area contributed by atoms with Gasteiger partial charge in [0, 0.05) is 13.0 Å². The highest BCUT2D eigenvalue weighted by molar-refractivity contribution is 5.75. The molecule has 0 bridgehead atoms. The highest BCUT2D eigenvalue weighted by atomic mass is 16.5. The van der Waals surface area contributed by atoms with Gasteiger partial charge in [-0.25, -0.2) is 0 Å². The van der Waals surface area contributed by atoms with Crippen LogP contribution in [0.2, 0.25) is 0 Å². The Kier molecular flexibility index (Phi) is 5.52. The first-order valence-electron chi connectivity index (χ1n) is 8.76. The lowest BCUT2D eigenvalue weighted by Crippen LogP contribution is -2.22. The zero-order chi connectivity index (χ0) is 16.8. The molecule has 1 saturated carbocycles. The van der Waals surface area contributed by atoms with Gasteiger partial charge in [0.25, 0.3) is 0 Å². The summed E-state index contributed by atoms with van der Waals surface area (Å²) < 4.78 is 5.79. The van der Waals surface area contributed by atoms with E-state index in [0.29, 0.717) is 25.5 Å². The van der Waals surface area contributed by atoms with Crippen molar-refractivity contribution >= 4 is 5.91 Å². The van der Waals surface area contributed by atoms with Crippen LogP contribution in [0.25, 0.3) is 0 Å². The lowest BCUT2D eigenvalue weighted by Gasteiger charge is -2.08. The first-order chi connectivity index (χ1) is 11.7. The van der Waals surface area contributed by atoms with Crippen molar-refractivity contribution in [2.24, 2.45) is 5.92 Å². The summed E-state index contributed by atoms with van der Waals surface area (Å²) >= 11 is 0. The van der Waals surface area contributed by atoms with Gasteiger partial charge in [0.15, 0.2) is 0 Å². The van der Waals surface area contributed by atoms with Crippen LogP contribution in [0, 0.1) is 5.92 Å². The van der Waals surface area contributed by atoms with Crippen LogP contribution in [0.1, 0.15) is 43.2 Å². The van der Waals surface area contributed by atoms with Crippen LogP contribution in [-0.4, -0.2) is 12.5 Å². The Morgan fingerprint density at radius 2 is 1.96 bits per heavy atom. The summed E-state index contributed by atoms with van der Waals surface area (Å²) in [5, 5.41) is 2.94. The fourth-order valence-electron chi connectivity index (χ4n) is 2.93. The molecule has 3 rings (SSSR count). The summed E-state index contributed by atoms with van der Waals surface area (Å²) in [4.78, 5) is 11.8. The summed E-state index contributed by atoms with van der Waals surface area (Å²) in [6.45, 7) is 3.44. The summed E-state index contributed by atoms with van der Waals surface area (Å²) in [6, 6.07) is 18.3. The van der Waals surface area contributed by atoms with Crippen LogP contribution < -0.4 is 10.1 Å². The molecule has 0 heterocycles. The Morgan fingerprint density at radius 3 is 2.71 bits per heavy atom. The number of carbonyl (C=O) groups is 1. The molecule has 1 aliphatic carbocycles. The fraction of sp³-hybridized carbons (Fsp3) is 0.381. The maximum atomic E-state index is 11.8. The van der Waals surface area contributed by atoms with E-state index in [-0.39, 0.29) is 5.91 Å². The van der Waals surface area contributed by atoms with Gasteiger partial charge in [-0.2, -0.15) is 0 Å². The van der Waals surface area contributed by atoms with Crippen molar-refractivity contribution in [2.75, 3.05) is 6.61 Å². The SMILES string of the molecule is CC1CC1c1cccc(OCCCC(=O)NCc2ccccc2)c1. The van der Waals surface area contributed by atoms with Crippen LogP contribution >= 0.6 is 0 Å². The minimum Gasteiger partial charge on any atom is -0.494 e. The molecular formula is C21H25NO2. The average Bonchev–Trinajstić information content (AvgIpc) is 3.35. The van der Waals surface area contributed by atoms with Gasteiger partial charge in [0.2, 0.25) is 5.91 Å². The minimum absolute atomic E-state index is 0.0722. The molecule has 2 aromatic rings. The standard InChI is InChI=1S/C21H25NO2/c1-16-13-20(16)18-9-5-10-19(14-18)24-12-6-11-21(23)22-15-17-7-3-2-4-8-17/h2-5,7-10,14,16,20H,6,11-13,15H2,1H3,(H,22,23). The predicted molar refractivity (Wildman–Crippen MR) is 96.0 cm³/mol. The normalized spacial score (nSPS) is 18.9. The Balaban J connectivity index is 1.34. The molecule has 1 fully saturated rings. The highest BCUT2D eigenvalue weighted by Gasteiger charge is 2.33. The minimum atomic E-state index is 0.0722. The molecule has 24 heavy (non-hydrogen) atoms. The Morgan fingerprint density at radius 1 is 1.17 bits per heavy atom. The van der Waals surface area contributed by atoms with Gasteiger partial charge in [0.05, 0.1) is 6.61 Å². The predicted octanol–water partition coefficient (Wildman–Crippen LogP) is 4.29. The molecule has 126 valence electrons. The lowest BCUT2D eigenvalue weighted by molar-refractivity contribution is -0.121. The Hall–Kier alpha value is -2.29. The van der Waals surface area contributed by atoms with Crippen LogP contribution in [0.15, 0.2) is 54.6 Å². The maximum Gasteiger partial charge on any atom is 0.220 e. The smallest absolute Gasteiger partial charge is 0.220 e. The van der Waals surface area contributed by atoms with Crippen molar-refractivity contribution < 1.29 is 9.53 Å². The number of rotatable bonds is 8. The van der Waals surface area contributed by atoms with Crippen molar-refractivity contribution in [3.8, 4) is 5.75 Å². The summed E-state index contributed by atoms with van der Waals surface area (Å²) in [6.07, 6.45) is 2.50. The van der Waals surface area contributed by atoms with Gasteiger partial charge >= 0.3 is 0 Å². The summed E-state index contributed by atoms with van der Waals surface area (Å²) in [7, 11) is 0. The molecule has 0 aromatic heterocycles. The van der Waals surface area contributed by atoms with Crippen molar-refractivity contribution in [3.05, 3.63) is 65.7 Å². The van der Waals surface area contributed by atoms with Gasteiger partial charge < -0.3 is 10.1 Å². The molecular weight excluding hydrogens is 298 g/mol. The van der Waals surface area contributed by atoms with E-state index in [4.69, 9.17) is 4.74 Å². The van der Waals surface area contributed by atoms with E-state index in [9.17, 15) is 4.79 Å². The largest absolute Gasteiger partial charge is 0.494 e. The number of hydrogen-bond acceptors (Lipinski definition) is 2. The van der Waals surface area contributed by atoms with E-state index >= 15 is 0 Å². The van der Waals surface area contributed by atoms with Crippen molar-refractivity contribution in [1.82, 2.24) is 5.32 Å². The number of carbonyl (C=O) groups excluding carboxylic acids is 1. The zero-order valence-electron chi connectivity index (χ0n) is 14.2. The quantitative estimate of drug-likeness (QED) is 0.736. The maximum absolute atomic E-state index is 11.8. The number of ether oxygens (including phenoxy) is 1. The second kappa shape index (κ2) is 8.00. The number of amides is 1. The lowest BCUT2D eigenvalue weighted by atomic mass is 10.1. The van der Waals surface area contributed by atoms with Crippen LogP contribution in [0.3, 0.4) is 0 Å². The average molecular weight is 323 g/mol. The third-order valence-corrected chi connectivity index (χ3v) is 4.55. The first-order valence-corrected chi connectivity index (χ1v) is 8.76. The van der Waals surface area contributed by atoms with E-state index in [1.807, 2.05) is 36.4 Å². The van der Waals surface area contributed by atoms with E-state index in [1.165, 1.54) is 12.0 Å². The first kappa shape index (κ1) is 16.6. The highest BCUT2D eigenvalue weighted by Crippen LogP contribution is 2.47. The molecule has 3 nitrogen and oxygen atoms in total.